The number of anilines is 2. The lowest BCUT2D eigenvalue weighted by atomic mass is 10.2. The van der Waals surface area contributed by atoms with E-state index in [2.05, 4.69) is 10.6 Å². The molecule has 138 valence electrons. The first-order chi connectivity index (χ1) is 12.8. The Kier molecular flexibility index (Phi) is 6.60. The van der Waals surface area contributed by atoms with Gasteiger partial charge in [-0.25, -0.2) is 0 Å². The molecule has 0 aliphatic rings. The van der Waals surface area contributed by atoms with Gasteiger partial charge in [0, 0.05) is 24.0 Å². The van der Waals surface area contributed by atoms with Crippen LogP contribution in [0.3, 0.4) is 0 Å². The summed E-state index contributed by atoms with van der Waals surface area (Å²) in [7, 11) is 1.39. The van der Waals surface area contributed by atoms with E-state index in [1.807, 2.05) is 0 Å². The lowest BCUT2D eigenvalue weighted by molar-refractivity contribution is -0.384. The van der Waals surface area contributed by atoms with Crippen LogP contribution in [0.5, 0.6) is 5.75 Å². The van der Waals surface area contributed by atoms with Crippen molar-refractivity contribution in [1.29, 1.82) is 5.26 Å². The molecule has 2 N–H and O–H groups in total. The van der Waals surface area contributed by atoms with E-state index in [1.165, 1.54) is 43.5 Å². The average Bonchev–Trinajstić information content (AvgIpc) is 2.65. The van der Waals surface area contributed by atoms with E-state index in [1.54, 1.807) is 6.07 Å². The number of carbonyl (C=O) groups excluding carboxylic acids is 1. The van der Waals surface area contributed by atoms with Gasteiger partial charge >= 0.3 is 0 Å². The maximum absolute atomic E-state index is 12.2. The Morgan fingerprint density at radius 1 is 1.26 bits per heavy atom. The second-order valence-corrected chi connectivity index (χ2v) is 5.85. The molecule has 0 heterocycles. The minimum Gasteiger partial charge on any atom is -0.495 e. The molecule has 0 aromatic heterocycles. The van der Waals surface area contributed by atoms with E-state index in [9.17, 15) is 20.2 Å². The number of non-ortho nitro benzene ring substituents is 1. The summed E-state index contributed by atoms with van der Waals surface area (Å²) >= 11 is 11.7. The number of nitrogens with one attached hydrogen (secondary N) is 2. The summed E-state index contributed by atoms with van der Waals surface area (Å²) in [5.41, 5.74) is 0.130. The number of carbonyl (C=O) groups is 1. The monoisotopic (exact) mass is 406 g/mol. The van der Waals surface area contributed by atoms with Gasteiger partial charge in [0.25, 0.3) is 11.6 Å². The summed E-state index contributed by atoms with van der Waals surface area (Å²) in [5, 5.41) is 25.9. The maximum atomic E-state index is 12.2. The lowest BCUT2D eigenvalue weighted by Gasteiger charge is -2.09. The van der Waals surface area contributed by atoms with Crippen molar-refractivity contribution < 1.29 is 14.5 Å². The smallest absolute Gasteiger partial charge is 0.271 e. The van der Waals surface area contributed by atoms with Gasteiger partial charge in [-0.05, 0) is 24.3 Å². The molecule has 0 aliphatic heterocycles. The van der Waals surface area contributed by atoms with Gasteiger partial charge in [-0.3, -0.25) is 14.9 Å². The van der Waals surface area contributed by atoms with E-state index < -0.39 is 10.8 Å². The van der Waals surface area contributed by atoms with Gasteiger partial charge in [0.2, 0.25) is 0 Å². The molecule has 2 aromatic carbocycles. The van der Waals surface area contributed by atoms with Crippen LogP contribution in [0.1, 0.15) is 0 Å². The molecule has 8 nitrogen and oxygen atoms in total. The van der Waals surface area contributed by atoms with Crippen molar-refractivity contribution in [2.24, 2.45) is 0 Å². The van der Waals surface area contributed by atoms with Gasteiger partial charge in [0.1, 0.15) is 17.4 Å². The number of methoxy groups -OCH3 is 1. The number of amides is 1. The average molecular weight is 407 g/mol. The van der Waals surface area contributed by atoms with Crippen molar-refractivity contribution >= 4 is 46.2 Å². The molecule has 0 fully saturated rings. The second-order valence-electron chi connectivity index (χ2n) is 5.04. The molecule has 0 saturated carbocycles. The highest BCUT2D eigenvalue weighted by molar-refractivity contribution is 6.42. The molecule has 0 saturated heterocycles. The molecule has 2 rings (SSSR count). The fourth-order valence-electron chi connectivity index (χ4n) is 1.99. The topological polar surface area (TPSA) is 117 Å². The van der Waals surface area contributed by atoms with E-state index in [0.29, 0.717) is 16.5 Å². The summed E-state index contributed by atoms with van der Waals surface area (Å²) in [5.74, 6) is -0.396. The van der Waals surface area contributed by atoms with Crippen molar-refractivity contribution in [3.05, 3.63) is 68.3 Å². The predicted octanol–water partition coefficient (Wildman–Crippen LogP) is 4.37. The quantitative estimate of drug-likeness (QED) is 0.318. The van der Waals surface area contributed by atoms with Crippen molar-refractivity contribution in [2.75, 3.05) is 17.7 Å². The first-order valence-electron chi connectivity index (χ1n) is 7.31. The SMILES string of the molecule is COc1ccc([N+](=O)[O-])cc1N/C=C(/C#N)C(=O)Nc1ccc(Cl)c(Cl)c1. The third-order valence-corrected chi connectivity index (χ3v) is 4.05. The normalized spacial score (nSPS) is 10.7. The Balaban J connectivity index is 2.22. The van der Waals surface area contributed by atoms with Crippen LogP contribution in [0, 0.1) is 21.4 Å². The van der Waals surface area contributed by atoms with Gasteiger partial charge in [-0.2, -0.15) is 5.26 Å². The van der Waals surface area contributed by atoms with E-state index in [0.717, 1.165) is 6.20 Å². The fraction of sp³-hybridized carbons (Fsp3) is 0.0588. The van der Waals surface area contributed by atoms with Crippen LogP contribution in [-0.4, -0.2) is 17.9 Å². The molecule has 27 heavy (non-hydrogen) atoms. The maximum Gasteiger partial charge on any atom is 0.271 e. The Labute approximate surface area is 164 Å². The fourth-order valence-corrected chi connectivity index (χ4v) is 2.29. The highest BCUT2D eigenvalue weighted by Crippen LogP contribution is 2.29. The number of halogens is 2. The highest BCUT2D eigenvalue weighted by Gasteiger charge is 2.13. The highest BCUT2D eigenvalue weighted by atomic mass is 35.5. The molecule has 0 bridgehead atoms. The first-order valence-corrected chi connectivity index (χ1v) is 8.07. The summed E-state index contributed by atoms with van der Waals surface area (Å²) in [6.45, 7) is 0. The summed E-state index contributed by atoms with van der Waals surface area (Å²) in [6, 6.07) is 10.1. The number of hydrogen-bond donors (Lipinski definition) is 2. The minimum absolute atomic E-state index is 0.175. The Bertz CT molecular complexity index is 970. The van der Waals surface area contributed by atoms with Crippen LogP contribution in [-0.2, 0) is 4.79 Å². The van der Waals surface area contributed by atoms with Crippen LogP contribution in [0.2, 0.25) is 10.0 Å². The van der Waals surface area contributed by atoms with Gasteiger partial charge in [0.15, 0.2) is 0 Å². The molecular weight excluding hydrogens is 395 g/mol. The molecule has 0 atom stereocenters. The number of nitriles is 1. The summed E-state index contributed by atoms with van der Waals surface area (Å²) < 4.78 is 5.10. The van der Waals surface area contributed by atoms with Crippen LogP contribution < -0.4 is 15.4 Å². The molecule has 2 aromatic rings. The van der Waals surface area contributed by atoms with Gasteiger partial charge in [-0.15, -0.1) is 0 Å². The molecule has 0 aliphatic carbocycles. The van der Waals surface area contributed by atoms with E-state index in [-0.39, 0.29) is 22.0 Å². The standard InChI is InChI=1S/C17H12Cl2N4O4/c1-27-16-5-3-12(23(25)26)7-15(16)21-9-10(8-20)17(24)22-11-2-4-13(18)14(19)6-11/h2-7,9,21H,1H3,(H,22,24)/b10-9-. The number of ether oxygens (including phenoxy) is 1. The second kappa shape index (κ2) is 8.89. The van der Waals surface area contributed by atoms with Crippen molar-refractivity contribution in [3.8, 4) is 11.8 Å². The largest absolute Gasteiger partial charge is 0.495 e. The van der Waals surface area contributed by atoms with Crippen molar-refractivity contribution in [2.45, 2.75) is 0 Å². The number of nitrogens with zero attached hydrogens (tertiary/aromatic N) is 2. The molecular formula is C17H12Cl2N4O4. The number of nitro benzene ring substituents is 1. The van der Waals surface area contributed by atoms with Gasteiger partial charge in [-0.1, -0.05) is 23.2 Å². The number of benzene rings is 2. The van der Waals surface area contributed by atoms with Crippen molar-refractivity contribution in [3.63, 3.8) is 0 Å². The van der Waals surface area contributed by atoms with E-state index in [4.69, 9.17) is 27.9 Å². The molecule has 0 spiro atoms. The zero-order valence-electron chi connectivity index (χ0n) is 13.8. The van der Waals surface area contributed by atoms with Crippen LogP contribution in [0.15, 0.2) is 48.2 Å². The summed E-state index contributed by atoms with van der Waals surface area (Å²) in [4.78, 5) is 22.6. The first kappa shape index (κ1) is 20.0. The predicted molar refractivity (Wildman–Crippen MR) is 102 cm³/mol. The third-order valence-electron chi connectivity index (χ3n) is 3.31. The molecule has 0 radical (unpaired) electrons. The van der Waals surface area contributed by atoms with Gasteiger partial charge < -0.3 is 15.4 Å². The molecule has 10 heteroatoms. The van der Waals surface area contributed by atoms with Crippen LogP contribution >= 0.6 is 23.2 Å². The Morgan fingerprint density at radius 2 is 2.00 bits per heavy atom. The number of hydrogen-bond acceptors (Lipinski definition) is 6. The zero-order chi connectivity index (χ0) is 20.0. The number of nitro groups is 1. The Morgan fingerprint density at radius 3 is 2.59 bits per heavy atom. The molecule has 0 unspecified atom stereocenters. The zero-order valence-corrected chi connectivity index (χ0v) is 15.3. The lowest BCUT2D eigenvalue weighted by Crippen LogP contribution is -2.14. The Hall–Kier alpha value is -3.28. The van der Waals surface area contributed by atoms with E-state index >= 15 is 0 Å². The third kappa shape index (κ3) is 5.10. The molecule has 1 amide bonds. The van der Waals surface area contributed by atoms with Crippen LogP contribution in [0.25, 0.3) is 0 Å². The van der Waals surface area contributed by atoms with Crippen LogP contribution in [0.4, 0.5) is 17.1 Å². The van der Waals surface area contributed by atoms with Crippen molar-refractivity contribution in [1.82, 2.24) is 0 Å². The summed E-state index contributed by atoms with van der Waals surface area (Å²) in [6.07, 6.45) is 1.12. The minimum atomic E-state index is -0.701. The van der Waals surface area contributed by atoms with Gasteiger partial charge in [0.05, 0.1) is 27.8 Å². The number of rotatable bonds is 6.